The molecule has 25 heavy (non-hydrogen) atoms. The first-order valence-corrected chi connectivity index (χ1v) is 9.53. The summed E-state index contributed by atoms with van der Waals surface area (Å²) in [5, 5.41) is 8.15. The highest BCUT2D eigenvalue weighted by Gasteiger charge is 2.14. The van der Waals surface area contributed by atoms with Crippen LogP contribution in [0.3, 0.4) is 0 Å². The molecular formula is C16H16Cl2N2O4S. The molecule has 0 atom stereocenters. The Morgan fingerprint density at radius 2 is 1.68 bits per heavy atom. The highest BCUT2D eigenvalue weighted by molar-refractivity contribution is 7.80. The maximum atomic E-state index is 9.45. The average Bonchev–Trinajstić information content (AvgIpc) is 2.53. The Morgan fingerprint density at radius 1 is 1.08 bits per heavy atom. The number of halogens is 2. The lowest BCUT2D eigenvalue weighted by Crippen LogP contribution is -2.37. The van der Waals surface area contributed by atoms with Gasteiger partial charge in [0, 0.05) is 26.6 Å². The smallest absolute Gasteiger partial charge is 0.239 e. The second kappa shape index (κ2) is 8.25. The Hall–Kier alpha value is -1.51. The van der Waals surface area contributed by atoms with Crippen molar-refractivity contribution in [3.63, 3.8) is 0 Å². The number of aryl methyl sites for hydroxylation is 1. The highest BCUT2D eigenvalue weighted by atomic mass is 35.5. The molecule has 3 aromatic rings. The van der Waals surface area contributed by atoms with Gasteiger partial charge in [0.2, 0.25) is 15.9 Å². The van der Waals surface area contributed by atoms with Gasteiger partial charge in [-0.25, -0.2) is 8.42 Å². The van der Waals surface area contributed by atoms with E-state index in [1.807, 2.05) is 41.1 Å². The summed E-state index contributed by atoms with van der Waals surface area (Å²) in [6.45, 7) is 4.22. The number of hydrogen-bond donors (Lipinski definition) is 0. The summed E-state index contributed by atoms with van der Waals surface area (Å²) in [6, 6.07) is 11.6. The normalized spacial score (nSPS) is 11.4. The third-order valence-corrected chi connectivity index (χ3v) is 4.27. The zero-order valence-corrected chi connectivity index (χ0v) is 15.9. The molecular weight excluding hydrogens is 387 g/mol. The molecule has 3 rings (SSSR count). The van der Waals surface area contributed by atoms with Crippen LogP contribution in [0.5, 0.6) is 0 Å². The van der Waals surface area contributed by atoms with Crippen molar-refractivity contribution in [2.24, 2.45) is 0 Å². The van der Waals surface area contributed by atoms with E-state index in [1.165, 1.54) is 6.92 Å². The van der Waals surface area contributed by atoms with Gasteiger partial charge in [0.1, 0.15) is 5.52 Å². The van der Waals surface area contributed by atoms with Gasteiger partial charge < -0.3 is 4.55 Å². The Kier molecular flexibility index (Phi) is 6.53. The van der Waals surface area contributed by atoms with E-state index in [2.05, 4.69) is 16.2 Å². The second-order valence-corrected chi connectivity index (χ2v) is 6.88. The molecule has 6 nitrogen and oxygen atoms in total. The van der Waals surface area contributed by atoms with Crippen molar-refractivity contribution in [1.29, 1.82) is 0 Å². The summed E-state index contributed by atoms with van der Waals surface area (Å²) in [6.07, 6.45) is 0. The van der Waals surface area contributed by atoms with Gasteiger partial charge in [0.05, 0.1) is 12.0 Å². The largest absolute Gasteiger partial charge is 0.726 e. The Labute approximate surface area is 155 Å². The van der Waals surface area contributed by atoms with Gasteiger partial charge in [-0.05, 0) is 44.2 Å². The number of rotatable bonds is 3. The van der Waals surface area contributed by atoms with Crippen LogP contribution in [0.4, 0.5) is 0 Å². The first kappa shape index (κ1) is 19.8. The van der Waals surface area contributed by atoms with Crippen molar-refractivity contribution in [3.05, 3.63) is 46.4 Å². The fourth-order valence-corrected chi connectivity index (χ4v) is 2.96. The van der Waals surface area contributed by atoms with Crippen molar-refractivity contribution >= 4 is 55.4 Å². The van der Waals surface area contributed by atoms with E-state index in [9.17, 15) is 13.0 Å². The van der Waals surface area contributed by atoms with Crippen LogP contribution in [0.25, 0.3) is 21.8 Å². The minimum Gasteiger partial charge on any atom is -0.726 e. The van der Waals surface area contributed by atoms with Gasteiger partial charge in [0.15, 0.2) is 6.54 Å². The van der Waals surface area contributed by atoms with Gasteiger partial charge in [-0.3, -0.25) is 4.18 Å². The highest BCUT2D eigenvalue weighted by Crippen LogP contribution is 2.26. The summed E-state index contributed by atoms with van der Waals surface area (Å²) in [5.41, 5.74) is 1.99. The predicted molar refractivity (Wildman–Crippen MR) is 96.5 cm³/mol. The molecule has 2 aromatic carbocycles. The third-order valence-electron chi connectivity index (χ3n) is 3.28. The van der Waals surface area contributed by atoms with E-state index in [-0.39, 0.29) is 6.61 Å². The maximum absolute atomic E-state index is 9.45. The molecule has 0 aliphatic rings. The van der Waals surface area contributed by atoms with Crippen LogP contribution in [0.1, 0.15) is 13.8 Å². The predicted octanol–water partition coefficient (Wildman–Crippen LogP) is 3.49. The molecule has 0 fully saturated rings. The van der Waals surface area contributed by atoms with Crippen LogP contribution >= 0.6 is 23.2 Å². The van der Waals surface area contributed by atoms with Gasteiger partial charge in [-0.2, -0.15) is 0 Å². The van der Waals surface area contributed by atoms with E-state index in [4.69, 9.17) is 23.2 Å². The molecule has 0 saturated carbocycles. The number of nitrogens with zero attached hydrogens (tertiary/aromatic N) is 2. The van der Waals surface area contributed by atoms with Crippen molar-refractivity contribution in [2.45, 2.75) is 20.4 Å². The van der Waals surface area contributed by atoms with Crippen molar-refractivity contribution < 1.29 is 21.8 Å². The van der Waals surface area contributed by atoms with Crippen molar-refractivity contribution in [2.75, 3.05) is 6.61 Å². The lowest BCUT2D eigenvalue weighted by atomic mass is 10.1. The molecule has 0 saturated heterocycles. The average molecular weight is 403 g/mol. The number of aromatic nitrogens is 2. The van der Waals surface area contributed by atoms with E-state index in [1.54, 1.807) is 0 Å². The Morgan fingerprint density at radius 3 is 2.20 bits per heavy atom. The Bertz CT molecular complexity index is 1010. The van der Waals surface area contributed by atoms with Gasteiger partial charge in [-0.1, -0.05) is 27.9 Å². The van der Waals surface area contributed by atoms with E-state index in [0.29, 0.717) is 5.02 Å². The summed E-state index contributed by atoms with van der Waals surface area (Å²) < 4.78 is 34.0. The fourth-order valence-electron chi connectivity index (χ4n) is 2.33. The fraction of sp³-hybridized carbons (Fsp3) is 0.250. The van der Waals surface area contributed by atoms with Crippen LogP contribution in [0, 0.1) is 0 Å². The van der Waals surface area contributed by atoms with Gasteiger partial charge in [-0.15, -0.1) is 0 Å². The maximum Gasteiger partial charge on any atom is 0.239 e. The first-order valence-electron chi connectivity index (χ1n) is 7.44. The van der Waals surface area contributed by atoms with Crippen LogP contribution in [-0.4, -0.2) is 24.7 Å². The summed E-state index contributed by atoms with van der Waals surface area (Å²) in [7, 11) is -4.42. The van der Waals surface area contributed by atoms with Crippen LogP contribution in [-0.2, 0) is 21.1 Å². The summed E-state index contributed by atoms with van der Waals surface area (Å²) in [5.74, 6) is 0. The molecule has 134 valence electrons. The van der Waals surface area contributed by atoms with Crippen molar-refractivity contribution in [3.8, 4) is 0 Å². The minimum atomic E-state index is -4.42. The lowest BCUT2D eigenvalue weighted by molar-refractivity contribution is -0.724. The molecule has 0 spiro atoms. The molecule has 0 unspecified atom stereocenters. The van der Waals surface area contributed by atoms with Gasteiger partial charge in [0.25, 0.3) is 0 Å². The van der Waals surface area contributed by atoms with E-state index in [0.717, 1.165) is 33.4 Å². The second-order valence-electron chi connectivity index (χ2n) is 4.95. The SMILES string of the molecule is CCOS(=O)(=O)[O-].CC[n+]1nc2ccc(Cl)cc2c2cc(Cl)ccc21. The third kappa shape index (κ3) is 5.23. The number of benzene rings is 2. The van der Waals surface area contributed by atoms with E-state index < -0.39 is 10.4 Å². The number of fused-ring (bicyclic) bond motifs is 3. The first-order chi connectivity index (χ1) is 11.7. The molecule has 0 bridgehead atoms. The van der Waals surface area contributed by atoms with Crippen LogP contribution in [0.15, 0.2) is 36.4 Å². The topological polar surface area (TPSA) is 83.2 Å². The molecule has 0 aliphatic heterocycles. The summed E-state index contributed by atoms with van der Waals surface area (Å²) >= 11 is 12.2. The Balaban J connectivity index is 0.000000277. The lowest BCUT2D eigenvalue weighted by Gasteiger charge is -2.03. The quantitative estimate of drug-likeness (QED) is 0.289. The van der Waals surface area contributed by atoms with E-state index >= 15 is 0 Å². The molecule has 1 heterocycles. The van der Waals surface area contributed by atoms with Gasteiger partial charge >= 0.3 is 0 Å². The minimum absolute atomic E-state index is 0.0914. The molecule has 0 amide bonds. The zero-order chi connectivity index (χ0) is 18.6. The summed E-state index contributed by atoms with van der Waals surface area (Å²) in [4.78, 5) is 0. The molecule has 0 aliphatic carbocycles. The molecule has 1 aromatic heterocycles. The monoisotopic (exact) mass is 402 g/mol. The van der Waals surface area contributed by atoms with Crippen LogP contribution < -0.4 is 4.68 Å². The number of hydrogen-bond acceptors (Lipinski definition) is 5. The zero-order valence-electron chi connectivity index (χ0n) is 13.6. The molecule has 0 radical (unpaired) electrons. The molecule has 0 N–H and O–H groups in total. The van der Waals surface area contributed by atoms with Crippen LogP contribution in [0.2, 0.25) is 10.0 Å². The molecule has 9 heteroatoms. The standard InChI is InChI=1S/C14H11Cl2N2.C2H6O4S/c1-2-18-14-6-4-10(16)8-12(14)11-7-9(15)3-5-13(11)17-18;1-2-6-7(3,4)5/h3-8H,2H2,1H3;2H2,1H3,(H,3,4,5)/q+1;/p-1. The van der Waals surface area contributed by atoms with Crippen molar-refractivity contribution in [1.82, 2.24) is 5.10 Å².